The van der Waals surface area contributed by atoms with Crippen LogP contribution in [0, 0.1) is 0 Å². The Hall–Kier alpha value is -2.75. The van der Waals surface area contributed by atoms with E-state index in [0.29, 0.717) is 0 Å². The van der Waals surface area contributed by atoms with Gasteiger partial charge >= 0.3 is 5.97 Å². The maximum absolute atomic E-state index is 13.0. The summed E-state index contributed by atoms with van der Waals surface area (Å²) in [4.78, 5) is 37.9. The number of aliphatic carboxylic acids is 1. The number of ether oxygens (including phenoxy) is 12. The highest BCUT2D eigenvalue weighted by atomic mass is 16.8. The molecule has 458 valence electrons. The molecule has 6 aliphatic heterocycles. The lowest BCUT2D eigenvalue weighted by atomic mass is 9.89. The molecule has 30 atom stereocenters. The van der Waals surface area contributed by atoms with Crippen molar-refractivity contribution in [3.63, 3.8) is 0 Å². The van der Waals surface area contributed by atoms with Gasteiger partial charge in [0.05, 0.1) is 64.0 Å². The summed E-state index contributed by atoms with van der Waals surface area (Å²) >= 11 is 0. The zero-order valence-electron chi connectivity index (χ0n) is 42.6. The van der Waals surface area contributed by atoms with Crippen LogP contribution in [0.15, 0.2) is 0 Å². The van der Waals surface area contributed by atoms with Crippen LogP contribution in [0.5, 0.6) is 0 Å². The largest absolute Gasteiger partial charge is 0.477 e. The Morgan fingerprint density at radius 2 is 0.886 bits per heavy atom. The van der Waals surface area contributed by atoms with E-state index < -0.39 is 254 Å². The van der Waals surface area contributed by atoms with E-state index in [0.717, 1.165) is 21.0 Å². The minimum Gasteiger partial charge on any atom is -0.477 e. The zero-order valence-corrected chi connectivity index (χ0v) is 42.6. The van der Waals surface area contributed by atoms with Crippen LogP contribution in [0.25, 0.3) is 0 Å². The van der Waals surface area contributed by atoms with E-state index in [9.17, 15) is 106 Å². The Morgan fingerprint density at radius 1 is 0.494 bits per heavy atom. The van der Waals surface area contributed by atoms with E-state index in [1.807, 2.05) is 0 Å². The Balaban J connectivity index is 1.24. The van der Waals surface area contributed by atoms with Gasteiger partial charge in [-0.05, 0) is 0 Å². The number of aliphatic hydroxyl groups excluding tert-OH is 17. The molecule has 6 saturated heterocycles. The third-order valence-electron chi connectivity index (χ3n) is 14.3. The number of carboxylic acids is 1. The van der Waals surface area contributed by atoms with Crippen molar-refractivity contribution in [2.24, 2.45) is 0 Å². The molecule has 20 N–H and O–H groups in total. The van der Waals surface area contributed by atoms with Crippen molar-refractivity contribution in [1.82, 2.24) is 10.6 Å². The van der Waals surface area contributed by atoms with Crippen molar-refractivity contribution in [2.45, 2.75) is 210 Å². The molecular weight excluding hydrogens is 1080 g/mol. The Morgan fingerprint density at radius 3 is 1.35 bits per heavy atom. The maximum Gasteiger partial charge on any atom is 0.364 e. The highest BCUT2D eigenvalue weighted by Crippen LogP contribution is 2.40. The average Bonchev–Trinajstić information content (AvgIpc) is 3.50. The fourth-order valence-corrected chi connectivity index (χ4v) is 10.2. The van der Waals surface area contributed by atoms with E-state index >= 15 is 0 Å². The number of carbonyl (C=O) groups is 3. The lowest BCUT2D eigenvalue weighted by Gasteiger charge is -2.51. The van der Waals surface area contributed by atoms with Gasteiger partial charge in [-0.3, -0.25) is 9.59 Å². The van der Waals surface area contributed by atoms with E-state index in [-0.39, 0.29) is 0 Å². The van der Waals surface area contributed by atoms with Crippen LogP contribution >= 0.6 is 0 Å². The fraction of sp³-hybridized carbons (Fsp3) is 0.932. The summed E-state index contributed by atoms with van der Waals surface area (Å²) in [6, 6.07) is -3.29. The number of aliphatic hydroxyl groups is 17. The summed E-state index contributed by atoms with van der Waals surface area (Å²) in [5, 5.41) is 199. The van der Waals surface area contributed by atoms with Gasteiger partial charge in [0.2, 0.25) is 11.8 Å². The molecule has 0 saturated carbocycles. The number of amides is 2. The second-order valence-electron chi connectivity index (χ2n) is 19.8. The summed E-state index contributed by atoms with van der Waals surface area (Å²) in [6.07, 6.45) is -53.7. The summed E-state index contributed by atoms with van der Waals surface area (Å²) in [5.41, 5.74) is 0. The number of rotatable bonds is 22. The molecule has 0 aromatic carbocycles. The zero-order chi connectivity index (χ0) is 58.5. The van der Waals surface area contributed by atoms with Crippen LogP contribution in [-0.2, 0) is 71.2 Å². The van der Waals surface area contributed by atoms with Crippen molar-refractivity contribution in [3.8, 4) is 0 Å². The van der Waals surface area contributed by atoms with Crippen molar-refractivity contribution >= 4 is 17.8 Å². The number of hydrogen-bond donors (Lipinski definition) is 20. The molecule has 35 heteroatoms. The van der Waals surface area contributed by atoms with Gasteiger partial charge < -0.3 is 159 Å². The Labute approximate surface area is 448 Å². The number of carboxylic acid groups (broad SMARTS) is 1. The summed E-state index contributed by atoms with van der Waals surface area (Å²) in [7, 11) is 1.15. The third-order valence-corrected chi connectivity index (χ3v) is 14.3. The first-order valence-corrected chi connectivity index (χ1v) is 25.0. The molecule has 79 heavy (non-hydrogen) atoms. The van der Waals surface area contributed by atoms with Crippen molar-refractivity contribution < 1.29 is 163 Å². The highest BCUT2D eigenvalue weighted by molar-refractivity contribution is 5.76. The number of nitrogens with one attached hydrogen (secondary N) is 2. The van der Waals surface area contributed by atoms with Gasteiger partial charge in [-0.2, -0.15) is 0 Å². The van der Waals surface area contributed by atoms with Crippen LogP contribution in [-0.4, -0.2) is 340 Å². The molecule has 6 fully saturated rings. The van der Waals surface area contributed by atoms with Crippen LogP contribution in [0.4, 0.5) is 0 Å². The topological polar surface area (TPSA) is 550 Å². The molecule has 0 aromatic rings. The predicted molar refractivity (Wildman–Crippen MR) is 243 cm³/mol. The maximum atomic E-state index is 13.0. The first-order valence-electron chi connectivity index (χ1n) is 25.0. The molecule has 0 spiro atoms. The van der Waals surface area contributed by atoms with Crippen LogP contribution in [0.1, 0.15) is 26.7 Å². The molecule has 28 unspecified atom stereocenters. The quantitative estimate of drug-likeness (QED) is 0.0479. The summed E-state index contributed by atoms with van der Waals surface area (Å²) < 4.78 is 68.1. The van der Waals surface area contributed by atoms with Crippen molar-refractivity contribution in [1.29, 1.82) is 0 Å². The molecule has 6 heterocycles. The van der Waals surface area contributed by atoms with Gasteiger partial charge in [0.1, 0.15) is 122 Å². The summed E-state index contributed by atoms with van der Waals surface area (Å²) in [6.45, 7) is -3.94. The van der Waals surface area contributed by atoms with E-state index in [2.05, 4.69) is 10.6 Å². The highest BCUT2D eigenvalue weighted by Gasteiger charge is 2.61. The van der Waals surface area contributed by atoms with E-state index in [1.54, 1.807) is 0 Å². The molecular formula is C44H74N2O33. The minimum atomic E-state index is -3.04. The summed E-state index contributed by atoms with van der Waals surface area (Å²) in [5.74, 6) is -6.67. The van der Waals surface area contributed by atoms with Gasteiger partial charge in [0, 0.05) is 33.8 Å². The van der Waals surface area contributed by atoms with Gasteiger partial charge in [0.15, 0.2) is 31.5 Å². The lowest BCUT2D eigenvalue weighted by molar-refractivity contribution is -0.391. The van der Waals surface area contributed by atoms with Crippen LogP contribution < -0.4 is 10.6 Å². The molecule has 0 aromatic heterocycles. The van der Waals surface area contributed by atoms with Gasteiger partial charge in [-0.25, -0.2) is 4.79 Å². The van der Waals surface area contributed by atoms with Gasteiger partial charge in [-0.1, -0.05) is 0 Å². The van der Waals surface area contributed by atoms with Crippen molar-refractivity contribution in [2.75, 3.05) is 46.8 Å². The molecule has 0 aliphatic carbocycles. The lowest BCUT2D eigenvalue weighted by Crippen LogP contribution is -2.71. The number of hydrogen-bond acceptors (Lipinski definition) is 32. The van der Waals surface area contributed by atoms with Crippen LogP contribution in [0.2, 0.25) is 0 Å². The molecule has 0 bridgehead atoms. The molecule has 6 rings (SSSR count). The fourth-order valence-electron chi connectivity index (χ4n) is 10.2. The van der Waals surface area contributed by atoms with Gasteiger partial charge in [-0.15, -0.1) is 0 Å². The standard InChI is InChI=1S/C44H74N2O33/c1-12(53)45-22-15(56)5-44(43(66)67,78-16(22)4-14(55)6-47)79-37-26(59)19(9-50)71-42(32(37)65)76-35-23(46-13(2)54)38(69-17(7-48)24(35)57)77-36-25(58)18(8-49)70-41(31(36)64)75-34-21(11-52)73-40(30(63)28(34)61)74-33-20(10-51)72-39(68-3)29(62)27(33)60/h14-42,47-52,55-65H,4-11H2,1-3H3,(H,45,53)(H,46,54)(H,66,67)/t14-,15?,16?,17?,18?,19?,20?,21?,22?,23?,24?,25?,26?,27?,28?,29?,30?,31?,32?,33?,34?,35?,36?,37?,38?,39?,40?,41?,42?,44-/m0/s1. The Kier molecular flexibility index (Phi) is 23.4. The second kappa shape index (κ2) is 28.2. The first-order chi connectivity index (χ1) is 37.3. The normalized spacial score (nSPS) is 47.2. The van der Waals surface area contributed by atoms with Gasteiger partial charge in [0.25, 0.3) is 5.79 Å². The smallest absolute Gasteiger partial charge is 0.364 e. The first kappa shape index (κ1) is 65.4. The average molecular weight is 1160 g/mol. The molecule has 0 radical (unpaired) electrons. The second-order valence-corrected chi connectivity index (χ2v) is 19.8. The minimum absolute atomic E-state index is 0.607. The SMILES string of the molecule is COC1OC(CO)C(OC2OC(CO)C(OC3OC(CO)C(O)C(OC4OC(CO)C(O)C(OC5OC(CO)C(O)C(O[C@]6(C(=O)O)CC(O)C(NC(C)=O)C(C[C@H](O)CO)O6)C5O)C4NC(C)=O)C3O)C(O)C2O)C(O)C1O. The Bertz CT molecular complexity index is 1950. The monoisotopic (exact) mass is 1160 g/mol. The molecule has 2 amide bonds. The third kappa shape index (κ3) is 14.3. The van der Waals surface area contributed by atoms with Crippen molar-refractivity contribution in [3.05, 3.63) is 0 Å². The van der Waals surface area contributed by atoms with Crippen LogP contribution in [0.3, 0.4) is 0 Å². The molecule has 35 nitrogen and oxygen atoms in total. The number of carbonyl (C=O) groups excluding carboxylic acids is 2. The van der Waals surface area contributed by atoms with E-state index in [4.69, 9.17) is 56.8 Å². The molecule has 6 aliphatic rings. The number of methoxy groups -OCH3 is 1. The van der Waals surface area contributed by atoms with E-state index in [1.165, 1.54) is 0 Å². The predicted octanol–water partition coefficient (Wildman–Crippen LogP) is -12.9.